The van der Waals surface area contributed by atoms with Crippen LogP contribution in [0.1, 0.15) is 31.7 Å². The summed E-state index contributed by atoms with van der Waals surface area (Å²) in [6.07, 6.45) is 6.20. The third-order valence-corrected chi connectivity index (χ3v) is 8.03. The summed E-state index contributed by atoms with van der Waals surface area (Å²) < 4.78 is 40.5. The van der Waals surface area contributed by atoms with Gasteiger partial charge in [0.2, 0.25) is 15.9 Å². The van der Waals surface area contributed by atoms with Gasteiger partial charge in [-0.3, -0.25) is 4.79 Å². The Morgan fingerprint density at radius 2 is 1.84 bits per heavy atom. The molecular formula is C25H27FN2O3S. The van der Waals surface area contributed by atoms with Crippen molar-refractivity contribution < 1.29 is 17.6 Å². The molecule has 1 amide bonds. The standard InChI is InChI=1S/C25H27FN2O3S/c1-18-9-10-19(16-23(18)20-6-3-2-4-7-20)17-27-25(29)24-8-5-15-28(24)32(30,31)22-13-11-21(26)12-14-22/h2-4,6-7,10-14,16,18,24H,5,8-9,15,17H2,1H3,(H,27,29). The van der Waals surface area contributed by atoms with E-state index in [9.17, 15) is 17.6 Å². The van der Waals surface area contributed by atoms with Crippen LogP contribution < -0.4 is 5.32 Å². The number of halogens is 1. The maximum atomic E-state index is 13.2. The lowest BCUT2D eigenvalue weighted by atomic mass is 9.85. The minimum atomic E-state index is -3.87. The summed E-state index contributed by atoms with van der Waals surface area (Å²) in [6.45, 7) is 2.81. The summed E-state index contributed by atoms with van der Waals surface area (Å²) in [5.74, 6) is -0.414. The average molecular weight is 455 g/mol. The fraction of sp³-hybridized carbons (Fsp3) is 0.320. The SMILES string of the molecule is CC1CC=C(CNC(=O)C2CCCN2S(=O)(=O)c2ccc(F)cc2)C=C1c1ccccc1. The van der Waals surface area contributed by atoms with Gasteiger partial charge in [-0.05, 0) is 66.2 Å². The van der Waals surface area contributed by atoms with Crippen LogP contribution in [-0.2, 0) is 14.8 Å². The molecule has 168 valence electrons. The third-order valence-electron chi connectivity index (χ3n) is 6.11. The van der Waals surface area contributed by atoms with Gasteiger partial charge in [0, 0.05) is 13.1 Å². The number of sulfonamides is 1. The Kier molecular flexibility index (Phi) is 6.58. The van der Waals surface area contributed by atoms with E-state index >= 15 is 0 Å². The van der Waals surface area contributed by atoms with E-state index in [0.29, 0.717) is 25.3 Å². The van der Waals surface area contributed by atoms with Crippen molar-refractivity contribution >= 4 is 21.5 Å². The molecule has 1 N–H and O–H groups in total. The first-order valence-corrected chi connectivity index (χ1v) is 12.3. The molecule has 0 saturated carbocycles. The summed E-state index contributed by atoms with van der Waals surface area (Å²) >= 11 is 0. The Bertz CT molecular complexity index is 1140. The molecule has 2 atom stereocenters. The second kappa shape index (κ2) is 9.38. The van der Waals surface area contributed by atoms with E-state index in [4.69, 9.17) is 0 Å². The maximum absolute atomic E-state index is 13.2. The van der Waals surface area contributed by atoms with Gasteiger partial charge < -0.3 is 5.32 Å². The van der Waals surface area contributed by atoms with Crippen molar-refractivity contribution in [1.82, 2.24) is 9.62 Å². The molecule has 1 aliphatic carbocycles. The fourth-order valence-electron chi connectivity index (χ4n) is 4.32. The van der Waals surface area contributed by atoms with Crippen LogP contribution >= 0.6 is 0 Å². The lowest BCUT2D eigenvalue weighted by molar-refractivity contribution is -0.124. The fourth-order valence-corrected chi connectivity index (χ4v) is 5.97. The molecule has 2 unspecified atom stereocenters. The number of rotatable bonds is 6. The molecule has 32 heavy (non-hydrogen) atoms. The Morgan fingerprint density at radius 1 is 1.12 bits per heavy atom. The molecule has 4 rings (SSSR count). The largest absolute Gasteiger partial charge is 0.351 e. The lowest BCUT2D eigenvalue weighted by Gasteiger charge is -2.24. The maximum Gasteiger partial charge on any atom is 0.243 e. The predicted molar refractivity (Wildman–Crippen MR) is 123 cm³/mol. The lowest BCUT2D eigenvalue weighted by Crippen LogP contribution is -2.46. The molecule has 0 spiro atoms. The summed E-state index contributed by atoms with van der Waals surface area (Å²) in [4.78, 5) is 12.9. The summed E-state index contributed by atoms with van der Waals surface area (Å²) in [5, 5.41) is 2.93. The van der Waals surface area contributed by atoms with Crippen molar-refractivity contribution in [3.8, 4) is 0 Å². The Balaban J connectivity index is 1.44. The van der Waals surface area contributed by atoms with Crippen LogP contribution in [0.2, 0.25) is 0 Å². The van der Waals surface area contributed by atoms with Crippen LogP contribution in [0, 0.1) is 11.7 Å². The highest BCUT2D eigenvalue weighted by molar-refractivity contribution is 7.89. The molecular weight excluding hydrogens is 427 g/mol. The molecule has 2 aliphatic rings. The van der Waals surface area contributed by atoms with E-state index in [2.05, 4.69) is 36.5 Å². The van der Waals surface area contributed by atoms with Gasteiger partial charge >= 0.3 is 0 Å². The van der Waals surface area contributed by atoms with Gasteiger partial charge in [-0.2, -0.15) is 4.31 Å². The number of amides is 1. The number of hydrogen-bond donors (Lipinski definition) is 1. The van der Waals surface area contributed by atoms with Crippen LogP contribution in [0.3, 0.4) is 0 Å². The first-order chi connectivity index (χ1) is 15.4. The molecule has 2 aromatic rings. The normalized spacial score (nSPS) is 21.7. The van der Waals surface area contributed by atoms with Gasteiger partial charge in [0.1, 0.15) is 11.9 Å². The average Bonchev–Trinajstić information content (AvgIpc) is 3.30. The van der Waals surface area contributed by atoms with Gasteiger partial charge in [0.25, 0.3) is 0 Å². The smallest absolute Gasteiger partial charge is 0.243 e. The highest BCUT2D eigenvalue weighted by Crippen LogP contribution is 2.31. The summed E-state index contributed by atoms with van der Waals surface area (Å²) in [7, 11) is -3.87. The Labute approximate surface area is 188 Å². The molecule has 1 fully saturated rings. The van der Waals surface area contributed by atoms with E-state index in [1.54, 1.807) is 0 Å². The molecule has 5 nitrogen and oxygen atoms in total. The van der Waals surface area contributed by atoms with Crippen molar-refractivity contribution in [2.45, 2.75) is 37.1 Å². The number of nitrogens with zero attached hydrogens (tertiary/aromatic N) is 1. The first-order valence-electron chi connectivity index (χ1n) is 10.9. The van der Waals surface area contributed by atoms with E-state index in [1.807, 2.05) is 18.2 Å². The Morgan fingerprint density at radius 3 is 2.56 bits per heavy atom. The molecule has 2 aromatic carbocycles. The second-order valence-electron chi connectivity index (χ2n) is 8.33. The van der Waals surface area contributed by atoms with E-state index in [1.165, 1.54) is 27.6 Å². The van der Waals surface area contributed by atoms with Gasteiger partial charge in [-0.15, -0.1) is 0 Å². The van der Waals surface area contributed by atoms with Crippen LogP contribution in [-0.4, -0.2) is 37.8 Å². The van der Waals surface area contributed by atoms with Gasteiger partial charge in [-0.1, -0.05) is 49.4 Å². The van der Waals surface area contributed by atoms with Crippen LogP contribution in [0.15, 0.2) is 77.2 Å². The number of benzene rings is 2. The van der Waals surface area contributed by atoms with Crippen molar-refractivity contribution in [1.29, 1.82) is 0 Å². The molecule has 1 saturated heterocycles. The van der Waals surface area contributed by atoms with Crippen LogP contribution in [0.4, 0.5) is 4.39 Å². The minimum Gasteiger partial charge on any atom is -0.351 e. The summed E-state index contributed by atoms with van der Waals surface area (Å²) in [5.41, 5.74) is 3.42. The molecule has 1 heterocycles. The predicted octanol–water partition coefficient (Wildman–Crippen LogP) is 4.14. The number of hydrogen-bond acceptors (Lipinski definition) is 3. The third kappa shape index (κ3) is 4.69. The molecule has 0 bridgehead atoms. The molecule has 1 aliphatic heterocycles. The van der Waals surface area contributed by atoms with E-state index in [-0.39, 0.29) is 17.3 Å². The Hall–Kier alpha value is -2.77. The summed E-state index contributed by atoms with van der Waals surface area (Å²) in [6, 6.07) is 14.1. The number of carbonyl (C=O) groups excluding carboxylic acids is 1. The zero-order valence-electron chi connectivity index (χ0n) is 18.0. The van der Waals surface area contributed by atoms with Gasteiger partial charge in [0.15, 0.2) is 0 Å². The van der Waals surface area contributed by atoms with Crippen molar-refractivity contribution in [2.75, 3.05) is 13.1 Å². The highest BCUT2D eigenvalue weighted by Gasteiger charge is 2.39. The molecule has 0 aromatic heterocycles. The van der Waals surface area contributed by atoms with Gasteiger partial charge in [-0.25, -0.2) is 12.8 Å². The monoisotopic (exact) mass is 454 g/mol. The zero-order valence-corrected chi connectivity index (χ0v) is 18.8. The molecule has 0 radical (unpaired) electrons. The number of allylic oxidation sites excluding steroid dienone is 2. The van der Waals surface area contributed by atoms with E-state index < -0.39 is 21.9 Å². The van der Waals surface area contributed by atoms with Crippen molar-refractivity contribution in [3.05, 3.63) is 83.7 Å². The van der Waals surface area contributed by atoms with Crippen molar-refractivity contribution in [3.63, 3.8) is 0 Å². The number of carbonyl (C=O) groups is 1. The van der Waals surface area contributed by atoms with Crippen LogP contribution in [0.5, 0.6) is 0 Å². The zero-order chi connectivity index (χ0) is 22.7. The minimum absolute atomic E-state index is 0.00184. The topological polar surface area (TPSA) is 66.5 Å². The van der Waals surface area contributed by atoms with Crippen LogP contribution in [0.25, 0.3) is 5.57 Å². The number of nitrogens with one attached hydrogen (secondary N) is 1. The first kappa shape index (κ1) is 22.4. The molecule has 7 heteroatoms. The second-order valence-corrected chi connectivity index (χ2v) is 10.2. The van der Waals surface area contributed by atoms with Gasteiger partial charge in [0.05, 0.1) is 4.90 Å². The van der Waals surface area contributed by atoms with E-state index in [0.717, 1.165) is 24.1 Å². The van der Waals surface area contributed by atoms with Crippen molar-refractivity contribution in [2.24, 2.45) is 5.92 Å². The quantitative estimate of drug-likeness (QED) is 0.713. The highest BCUT2D eigenvalue weighted by atomic mass is 32.2.